The van der Waals surface area contributed by atoms with Gasteiger partial charge in [-0.3, -0.25) is 0 Å². The lowest BCUT2D eigenvalue weighted by Crippen LogP contribution is -2.42. The molecule has 0 aliphatic carbocycles. The Bertz CT molecular complexity index is 340. The Morgan fingerprint density at radius 2 is 2.13 bits per heavy atom. The zero-order valence-corrected chi connectivity index (χ0v) is 9.06. The number of aliphatic hydroxyl groups excluding tert-OH is 1. The van der Waals surface area contributed by atoms with Crippen LogP contribution in [0.15, 0.2) is 24.3 Å². The summed E-state index contributed by atoms with van der Waals surface area (Å²) >= 11 is 0. The second-order valence-corrected chi connectivity index (χ2v) is 4.34. The van der Waals surface area contributed by atoms with E-state index in [9.17, 15) is 5.11 Å². The van der Waals surface area contributed by atoms with Crippen LogP contribution in [0.3, 0.4) is 0 Å². The highest BCUT2D eigenvalue weighted by molar-refractivity contribution is 5.67. The molecule has 15 heavy (non-hydrogen) atoms. The maximum atomic E-state index is 9.65. The number of hydrogen-bond acceptors (Lipinski definition) is 3. The van der Waals surface area contributed by atoms with Gasteiger partial charge in [-0.05, 0) is 24.5 Å². The molecular weight excluding hydrogens is 188 g/mol. The zero-order chi connectivity index (χ0) is 10.8. The molecule has 1 aromatic carbocycles. The quantitative estimate of drug-likeness (QED) is 0.684. The lowest BCUT2D eigenvalue weighted by atomic mass is 9.96. The SMILES string of the molecule is C[C@H]1CN(c2ccccc2N)CC[C@@H]1O. The molecule has 1 aliphatic heterocycles. The van der Waals surface area contributed by atoms with E-state index >= 15 is 0 Å². The number of hydrogen-bond donors (Lipinski definition) is 2. The summed E-state index contributed by atoms with van der Waals surface area (Å²) in [5.41, 5.74) is 7.84. The van der Waals surface area contributed by atoms with E-state index in [0.717, 1.165) is 30.9 Å². The molecule has 3 N–H and O–H groups in total. The summed E-state index contributed by atoms with van der Waals surface area (Å²) in [6, 6.07) is 7.91. The number of rotatable bonds is 1. The Balaban J connectivity index is 2.15. The van der Waals surface area contributed by atoms with Gasteiger partial charge >= 0.3 is 0 Å². The number of benzene rings is 1. The van der Waals surface area contributed by atoms with Crippen LogP contribution in [0.2, 0.25) is 0 Å². The van der Waals surface area contributed by atoms with E-state index in [1.807, 2.05) is 24.3 Å². The van der Waals surface area contributed by atoms with Crippen LogP contribution in [0.4, 0.5) is 11.4 Å². The van der Waals surface area contributed by atoms with E-state index in [2.05, 4.69) is 11.8 Å². The average Bonchev–Trinajstić information content (AvgIpc) is 2.23. The first-order valence-electron chi connectivity index (χ1n) is 5.46. The second kappa shape index (κ2) is 4.11. The Morgan fingerprint density at radius 1 is 1.40 bits per heavy atom. The van der Waals surface area contributed by atoms with Crippen molar-refractivity contribution >= 4 is 11.4 Å². The Morgan fingerprint density at radius 3 is 2.80 bits per heavy atom. The largest absolute Gasteiger partial charge is 0.397 e. The van der Waals surface area contributed by atoms with Crippen molar-refractivity contribution in [3.8, 4) is 0 Å². The van der Waals surface area contributed by atoms with Gasteiger partial charge < -0.3 is 15.7 Å². The summed E-state index contributed by atoms with van der Waals surface area (Å²) < 4.78 is 0. The Labute approximate surface area is 90.5 Å². The molecule has 1 aromatic rings. The summed E-state index contributed by atoms with van der Waals surface area (Å²) in [5.74, 6) is 0.318. The predicted octanol–water partition coefficient (Wildman–Crippen LogP) is 1.48. The number of nitrogens with zero attached hydrogens (tertiary/aromatic N) is 1. The van der Waals surface area contributed by atoms with Crippen molar-refractivity contribution in [1.82, 2.24) is 0 Å². The summed E-state index contributed by atoms with van der Waals surface area (Å²) in [4.78, 5) is 2.26. The van der Waals surface area contributed by atoms with Gasteiger partial charge in [-0.25, -0.2) is 0 Å². The normalized spacial score (nSPS) is 26.7. The van der Waals surface area contributed by atoms with Gasteiger partial charge in [0, 0.05) is 13.1 Å². The van der Waals surface area contributed by atoms with E-state index in [0.29, 0.717) is 5.92 Å². The molecule has 3 nitrogen and oxygen atoms in total. The van der Waals surface area contributed by atoms with Gasteiger partial charge in [0.15, 0.2) is 0 Å². The van der Waals surface area contributed by atoms with Gasteiger partial charge in [0.25, 0.3) is 0 Å². The lowest BCUT2D eigenvalue weighted by Gasteiger charge is -2.36. The molecule has 0 spiro atoms. The van der Waals surface area contributed by atoms with Crippen molar-refractivity contribution < 1.29 is 5.11 Å². The first kappa shape index (κ1) is 10.3. The van der Waals surface area contributed by atoms with Crippen molar-refractivity contribution in [3.63, 3.8) is 0 Å². The fourth-order valence-corrected chi connectivity index (χ4v) is 2.13. The van der Waals surface area contributed by atoms with Crippen molar-refractivity contribution in [2.45, 2.75) is 19.4 Å². The molecule has 1 fully saturated rings. The number of aliphatic hydroxyl groups is 1. The highest BCUT2D eigenvalue weighted by Crippen LogP contribution is 2.27. The molecule has 0 aromatic heterocycles. The summed E-state index contributed by atoms with van der Waals surface area (Å²) in [5, 5.41) is 9.65. The van der Waals surface area contributed by atoms with E-state index < -0.39 is 0 Å². The van der Waals surface area contributed by atoms with E-state index in [-0.39, 0.29) is 6.10 Å². The summed E-state index contributed by atoms with van der Waals surface area (Å²) in [6.07, 6.45) is 0.668. The number of anilines is 2. The second-order valence-electron chi connectivity index (χ2n) is 4.34. The molecule has 1 saturated heterocycles. The average molecular weight is 206 g/mol. The standard InChI is InChI=1S/C12H18N2O/c1-9-8-14(7-6-12(9)15)11-5-3-2-4-10(11)13/h2-5,9,12,15H,6-8,13H2,1H3/t9-,12-/m0/s1. The molecule has 0 saturated carbocycles. The van der Waals surface area contributed by atoms with Crippen LogP contribution in [0.25, 0.3) is 0 Å². The Hall–Kier alpha value is -1.22. The highest BCUT2D eigenvalue weighted by atomic mass is 16.3. The Kier molecular flexibility index (Phi) is 2.82. The summed E-state index contributed by atoms with van der Waals surface area (Å²) in [7, 11) is 0. The number of para-hydroxylation sites is 2. The molecule has 0 amide bonds. The maximum absolute atomic E-state index is 9.65. The number of piperidine rings is 1. The zero-order valence-electron chi connectivity index (χ0n) is 9.06. The van der Waals surface area contributed by atoms with Crippen LogP contribution in [0.5, 0.6) is 0 Å². The van der Waals surface area contributed by atoms with E-state index in [1.165, 1.54) is 0 Å². The number of nitrogens with two attached hydrogens (primary N) is 1. The van der Waals surface area contributed by atoms with Gasteiger partial charge in [0.1, 0.15) is 0 Å². The molecule has 3 heteroatoms. The van der Waals surface area contributed by atoms with Crippen molar-refractivity contribution in [3.05, 3.63) is 24.3 Å². The third kappa shape index (κ3) is 2.07. The minimum Gasteiger partial charge on any atom is -0.397 e. The predicted molar refractivity (Wildman–Crippen MR) is 62.9 cm³/mol. The van der Waals surface area contributed by atoms with E-state index in [4.69, 9.17) is 5.73 Å². The van der Waals surface area contributed by atoms with E-state index in [1.54, 1.807) is 0 Å². The first-order valence-corrected chi connectivity index (χ1v) is 5.46. The minimum absolute atomic E-state index is 0.161. The molecule has 1 heterocycles. The van der Waals surface area contributed by atoms with Crippen LogP contribution in [0.1, 0.15) is 13.3 Å². The molecule has 0 bridgehead atoms. The van der Waals surface area contributed by atoms with Crippen LogP contribution in [0, 0.1) is 5.92 Å². The lowest BCUT2D eigenvalue weighted by molar-refractivity contribution is 0.0971. The monoisotopic (exact) mass is 206 g/mol. The maximum Gasteiger partial charge on any atom is 0.0600 e. The van der Waals surface area contributed by atoms with Crippen LogP contribution < -0.4 is 10.6 Å². The van der Waals surface area contributed by atoms with Gasteiger partial charge in [0.05, 0.1) is 17.5 Å². The van der Waals surface area contributed by atoms with Crippen molar-refractivity contribution in [2.75, 3.05) is 23.7 Å². The molecule has 2 rings (SSSR count). The van der Waals surface area contributed by atoms with Gasteiger partial charge in [-0.2, -0.15) is 0 Å². The topological polar surface area (TPSA) is 49.5 Å². The molecule has 82 valence electrons. The fourth-order valence-electron chi connectivity index (χ4n) is 2.13. The first-order chi connectivity index (χ1) is 7.18. The smallest absolute Gasteiger partial charge is 0.0600 e. The van der Waals surface area contributed by atoms with Crippen molar-refractivity contribution in [1.29, 1.82) is 0 Å². The molecular formula is C12H18N2O. The molecule has 2 atom stereocenters. The minimum atomic E-state index is -0.161. The van der Waals surface area contributed by atoms with Gasteiger partial charge in [-0.1, -0.05) is 19.1 Å². The van der Waals surface area contributed by atoms with Crippen molar-refractivity contribution in [2.24, 2.45) is 5.92 Å². The molecule has 1 aliphatic rings. The number of nitrogen functional groups attached to an aromatic ring is 1. The third-order valence-corrected chi connectivity index (χ3v) is 3.14. The van der Waals surface area contributed by atoms with Crippen LogP contribution in [-0.2, 0) is 0 Å². The highest BCUT2D eigenvalue weighted by Gasteiger charge is 2.24. The molecule has 0 unspecified atom stereocenters. The van der Waals surface area contributed by atoms with Crippen LogP contribution in [-0.4, -0.2) is 24.3 Å². The summed E-state index contributed by atoms with van der Waals surface area (Å²) in [6.45, 7) is 3.85. The van der Waals surface area contributed by atoms with Gasteiger partial charge in [0.2, 0.25) is 0 Å². The third-order valence-electron chi connectivity index (χ3n) is 3.14. The van der Waals surface area contributed by atoms with Gasteiger partial charge in [-0.15, -0.1) is 0 Å². The molecule has 0 radical (unpaired) electrons. The van der Waals surface area contributed by atoms with Crippen LogP contribution >= 0.6 is 0 Å². The fraction of sp³-hybridized carbons (Fsp3) is 0.500.